The van der Waals surface area contributed by atoms with Gasteiger partial charge in [-0.25, -0.2) is 23.4 Å². The van der Waals surface area contributed by atoms with E-state index in [0.29, 0.717) is 37.7 Å². The summed E-state index contributed by atoms with van der Waals surface area (Å²) in [6, 6.07) is 4.19. The molecule has 7 nitrogen and oxygen atoms in total. The first kappa shape index (κ1) is 18.5. The van der Waals surface area contributed by atoms with E-state index in [1.54, 1.807) is 0 Å². The van der Waals surface area contributed by atoms with Crippen molar-refractivity contribution in [2.45, 2.75) is 57.5 Å². The normalized spacial score (nSPS) is 20.1. The van der Waals surface area contributed by atoms with Crippen LogP contribution in [0.2, 0.25) is 0 Å². The van der Waals surface area contributed by atoms with E-state index in [4.69, 9.17) is 9.72 Å². The van der Waals surface area contributed by atoms with Gasteiger partial charge < -0.3 is 14.6 Å². The second kappa shape index (κ2) is 6.76. The van der Waals surface area contributed by atoms with Crippen molar-refractivity contribution in [2.75, 3.05) is 18.5 Å². The van der Waals surface area contributed by atoms with Gasteiger partial charge >= 0.3 is 0 Å². The summed E-state index contributed by atoms with van der Waals surface area (Å²) in [6.45, 7) is 5.24. The van der Waals surface area contributed by atoms with Crippen molar-refractivity contribution in [1.82, 2.24) is 24.3 Å². The van der Waals surface area contributed by atoms with E-state index >= 15 is 0 Å². The SMILES string of the molecule is Cc1cc(C)n(-c2cc3c(ncn3C3COC3)c(NC3CCC(F)(F)CC3)n2)n1. The summed E-state index contributed by atoms with van der Waals surface area (Å²) in [4.78, 5) is 9.37. The third kappa shape index (κ3) is 3.37. The highest BCUT2D eigenvalue weighted by Crippen LogP contribution is 2.35. The van der Waals surface area contributed by atoms with Gasteiger partial charge in [0.05, 0.1) is 36.8 Å². The van der Waals surface area contributed by atoms with Gasteiger partial charge in [-0.3, -0.25) is 0 Å². The van der Waals surface area contributed by atoms with Gasteiger partial charge in [-0.15, -0.1) is 0 Å². The average molecular weight is 402 g/mol. The summed E-state index contributed by atoms with van der Waals surface area (Å²) in [5, 5.41) is 7.95. The highest BCUT2D eigenvalue weighted by Gasteiger charge is 2.35. The van der Waals surface area contributed by atoms with Crippen LogP contribution < -0.4 is 5.32 Å². The average Bonchev–Trinajstić information content (AvgIpc) is 3.18. The van der Waals surface area contributed by atoms with Gasteiger partial charge in [0.25, 0.3) is 0 Å². The highest BCUT2D eigenvalue weighted by atomic mass is 19.3. The van der Waals surface area contributed by atoms with Crippen LogP contribution in [-0.2, 0) is 4.74 Å². The lowest BCUT2D eigenvalue weighted by Crippen LogP contribution is -2.32. The minimum atomic E-state index is -2.56. The molecule has 0 aromatic carbocycles. The first-order valence-corrected chi connectivity index (χ1v) is 10.0. The molecule has 1 saturated carbocycles. The Hall–Kier alpha value is -2.55. The van der Waals surface area contributed by atoms with Crippen LogP contribution in [0.1, 0.15) is 43.1 Å². The van der Waals surface area contributed by atoms with Gasteiger partial charge in [-0.2, -0.15) is 5.10 Å². The Bertz CT molecular complexity index is 1040. The number of anilines is 1. The molecule has 9 heteroatoms. The van der Waals surface area contributed by atoms with Crippen molar-refractivity contribution in [3.05, 3.63) is 29.8 Å². The maximum Gasteiger partial charge on any atom is 0.248 e. The number of fused-ring (bicyclic) bond motifs is 1. The Balaban J connectivity index is 1.56. The third-order valence-corrected chi connectivity index (χ3v) is 5.85. The van der Waals surface area contributed by atoms with Crippen molar-refractivity contribution >= 4 is 16.9 Å². The summed E-state index contributed by atoms with van der Waals surface area (Å²) < 4.78 is 36.4. The van der Waals surface area contributed by atoms with Gasteiger partial charge in [0, 0.05) is 30.6 Å². The molecule has 4 heterocycles. The molecule has 1 N–H and O–H groups in total. The Kier molecular flexibility index (Phi) is 4.31. The second-order valence-electron chi connectivity index (χ2n) is 8.15. The third-order valence-electron chi connectivity index (χ3n) is 5.85. The topological polar surface area (TPSA) is 69.8 Å². The van der Waals surface area contributed by atoms with Gasteiger partial charge in [-0.1, -0.05) is 0 Å². The van der Waals surface area contributed by atoms with Crippen molar-refractivity contribution in [3.8, 4) is 5.82 Å². The van der Waals surface area contributed by atoms with Crippen molar-refractivity contribution in [3.63, 3.8) is 0 Å². The van der Waals surface area contributed by atoms with Crippen LogP contribution in [-0.4, -0.2) is 49.5 Å². The molecule has 2 aliphatic rings. The van der Waals surface area contributed by atoms with Crippen molar-refractivity contribution in [2.24, 2.45) is 0 Å². The molecule has 0 atom stereocenters. The minimum absolute atomic E-state index is 0.0433. The maximum atomic E-state index is 13.6. The number of rotatable bonds is 4. The number of imidazole rings is 1. The van der Waals surface area contributed by atoms with Crippen LogP contribution >= 0.6 is 0 Å². The molecule has 0 unspecified atom stereocenters. The van der Waals surface area contributed by atoms with E-state index in [2.05, 4.69) is 20.0 Å². The van der Waals surface area contributed by atoms with Crippen LogP contribution in [0.3, 0.4) is 0 Å². The first-order chi connectivity index (χ1) is 13.9. The molecule has 0 spiro atoms. The zero-order chi connectivity index (χ0) is 20.2. The molecular formula is C20H24F2N6O. The minimum Gasteiger partial charge on any atom is -0.377 e. The lowest BCUT2D eigenvalue weighted by Gasteiger charge is -2.29. The number of nitrogens with one attached hydrogen (secondary N) is 1. The number of aromatic nitrogens is 5. The molecule has 29 heavy (non-hydrogen) atoms. The Morgan fingerprint density at radius 1 is 1.17 bits per heavy atom. The van der Waals surface area contributed by atoms with E-state index in [1.807, 2.05) is 37.0 Å². The van der Waals surface area contributed by atoms with Crippen molar-refractivity contribution in [1.29, 1.82) is 0 Å². The lowest BCUT2D eigenvalue weighted by molar-refractivity contribution is -0.0361. The van der Waals surface area contributed by atoms with Crippen LogP contribution in [0.4, 0.5) is 14.6 Å². The largest absolute Gasteiger partial charge is 0.377 e. The molecule has 0 bridgehead atoms. The molecular weight excluding hydrogens is 378 g/mol. The molecule has 1 aliphatic heterocycles. The van der Waals surface area contributed by atoms with Gasteiger partial charge in [-0.05, 0) is 32.8 Å². The molecule has 3 aromatic rings. The van der Waals surface area contributed by atoms with E-state index in [-0.39, 0.29) is 24.9 Å². The number of ether oxygens (including phenoxy) is 1. The maximum absolute atomic E-state index is 13.6. The van der Waals surface area contributed by atoms with E-state index in [1.165, 1.54) is 0 Å². The predicted molar refractivity (Wildman–Crippen MR) is 105 cm³/mol. The summed E-state index contributed by atoms with van der Waals surface area (Å²) >= 11 is 0. The summed E-state index contributed by atoms with van der Waals surface area (Å²) in [6.07, 6.45) is 2.44. The molecule has 3 aromatic heterocycles. The predicted octanol–water partition coefficient (Wildman–Crippen LogP) is 3.79. The van der Waals surface area contributed by atoms with Gasteiger partial charge in [0.2, 0.25) is 5.92 Å². The summed E-state index contributed by atoms with van der Waals surface area (Å²) in [5.41, 5.74) is 3.59. The molecule has 0 radical (unpaired) electrons. The Morgan fingerprint density at radius 2 is 1.93 bits per heavy atom. The highest BCUT2D eigenvalue weighted by molar-refractivity contribution is 5.87. The second-order valence-corrected chi connectivity index (χ2v) is 8.15. The number of hydrogen-bond acceptors (Lipinski definition) is 5. The molecule has 5 rings (SSSR count). The smallest absolute Gasteiger partial charge is 0.248 e. The lowest BCUT2D eigenvalue weighted by atomic mass is 9.92. The quantitative estimate of drug-likeness (QED) is 0.719. The number of hydrogen-bond donors (Lipinski definition) is 1. The molecule has 1 aliphatic carbocycles. The number of pyridine rings is 1. The first-order valence-electron chi connectivity index (χ1n) is 10.0. The van der Waals surface area contributed by atoms with Crippen molar-refractivity contribution < 1.29 is 13.5 Å². The van der Waals surface area contributed by atoms with E-state index in [9.17, 15) is 8.78 Å². The van der Waals surface area contributed by atoms with E-state index in [0.717, 1.165) is 22.4 Å². The van der Waals surface area contributed by atoms with Crippen LogP contribution in [0.25, 0.3) is 16.9 Å². The van der Waals surface area contributed by atoms with Crippen LogP contribution in [0, 0.1) is 13.8 Å². The molecule has 0 amide bonds. The fourth-order valence-corrected chi connectivity index (χ4v) is 4.14. The summed E-state index contributed by atoms with van der Waals surface area (Å²) in [7, 11) is 0. The zero-order valence-electron chi connectivity index (χ0n) is 16.5. The number of aryl methyl sites for hydroxylation is 2. The number of nitrogens with zero attached hydrogens (tertiary/aromatic N) is 5. The van der Waals surface area contributed by atoms with Crippen LogP contribution in [0.5, 0.6) is 0 Å². The Morgan fingerprint density at radius 3 is 2.55 bits per heavy atom. The molecule has 2 fully saturated rings. The van der Waals surface area contributed by atoms with E-state index < -0.39 is 5.92 Å². The number of alkyl halides is 2. The number of halogens is 2. The molecule has 1 saturated heterocycles. The fourth-order valence-electron chi connectivity index (χ4n) is 4.14. The summed E-state index contributed by atoms with van der Waals surface area (Å²) in [5.74, 6) is -1.24. The fraction of sp³-hybridized carbons (Fsp3) is 0.550. The Labute approximate surface area is 167 Å². The zero-order valence-corrected chi connectivity index (χ0v) is 16.5. The monoisotopic (exact) mass is 402 g/mol. The molecule has 154 valence electrons. The van der Waals surface area contributed by atoms with Gasteiger partial charge in [0.1, 0.15) is 5.52 Å². The van der Waals surface area contributed by atoms with Crippen LogP contribution in [0.15, 0.2) is 18.5 Å². The standard InChI is InChI=1S/C20H24F2N6O/c1-12-7-13(2)28(26-12)17-8-16-18(23-11-27(16)15-9-29-10-15)19(25-17)24-14-3-5-20(21,22)6-4-14/h7-8,11,14-15H,3-6,9-10H2,1-2H3,(H,24,25). The van der Waals surface area contributed by atoms with Gasteiger partial charge in [0.15, 0.2) is 11.6 Å².